The maximum atomic E-state index is 2.99. The molecule has 0 amide bonds. The fraction of sp³-hybridized carbons (Fsp3) is 0.200. The summed E-state index contributed by atoms with van der Waals surface area (Å²) in [6.07, 6.45) is 20.0. The zero-order valence-corrected chi connectivity index (χ0v) is 9.97. The van der Waals surface area contributed by atoms with Crippen LogP contribution < -0.4 is 0 Å². The van der Waals surface area contributed by atoms with Gasteiger partial charge in [-0.2, -0.15) is 12.2 Å². The van der Waals surface area contributed by atoms with E-state index < -0.39 is 0 Å². The molecule has 0 heterocycles. The molecule has 0 fully saturated rings. The molecule has 0 aromatic rings. The van der Waals surface area contributed by atoms with Gasteiger partial charge in [0, 0.05) is 0 Å². The molecule has 0 spiro atoms. The molecule has 0 saturated heterocycles. The van der Waals surface area contributed by atoms with Crippen LogP contribution in [0, 0.1) is 12.2 Å². The topological polar surface area (TPSA) is 0 Å². The molecule has 0 bridgehead atoms. The van der Waals surface area contributed by atoms with E-state index in [1.54, 1.807) is 0 Å². The van der Waals surface area contributed by atoms with Gasteiger partial charge in [-0.25, -0.2) is 24.3 Å². The first-order valence-electron chi connectivity index (χ1n) is 3.43. The summed E-state index contributed by atoms with van der Waals surface area (Å²) in [7, 11) is 0. The number of hydrogen-bond donors (Lipinski definition) is 0. The SMILES string of the molecule is [C-]1=CC=CC1.[C-]1=CC=CC1.[WH2]. The summed E-state index contributed by atoms with van der Waals surface area (Å²) >= 11 is 0. The van der Waals surface area contributed by atoms with Gasteiger partial charge in [0.05, 0.1) is 0 Å². The quantitative estimate of drug-likeness (QED) is 0.600. The first-order valence-corrected chi connectivity index (χ1v) is 3.43. The monoisotopic (exact) mass is 316 g/mol. The molecular weight excluding hydrogens is 304 g/mol. The Kier molecular flexibility index (Phi) is 7.50. The third-order valence-corrected chi connectivity index (χ3v) is 1.17. The first-order chi connectivity index (χ1) is 5.00. The van der Waals surface area contributed by atoms with E-state index in [9.17, 15) is 0 Å². The van der Waals surface area contributed by atoms with Crippen molar-refractivity contribution in [3.05, 3.63) is 48.6 Å². The average Bonchev–Trinajstić information content (AvgIpc) is 2.67. The van der Waals surface area contributed by atoms with Gasteiger partial charge in [-0.3, -0.25) is 12.2 Å². The second-order valence-corrected chi connectivity index (χ2v) is 2.01. The van der Waals surface area contributed by atoms with Crippen LogP contribution in [-0.2, 0) is 21.1 Å². The Balaban J connectivity index is 0.000000167. The van der Waals surface area contributed by atoms with Gasteiger partial charge in [0.2, 0.25) is 0 Å². The molecule has 60 valence electrons. The van der Waals surface area contributed by atoms with Crippen molar-refractivity contribution in [3.63, 3.8) is 0 Å². The van der Waals surface area contributed by atoms with Gasteiger partial charge in [0.25, 0.3) is 0 Å². The van der Waals surface area contributed by atoms with Gasteiger partial charge >= 0.3 is 21.1 Å². The van der Waals surface area contributed by atoms with Gasteiger partial charge in [-0.05, 0) is 0 Å². The summed E-state index contributed by atoms with van der Waals surface area (Å²) in [5.41, 5.74) is 0. The third kappa shape index (κ3) is 6.06. The Morgan fingerprint density at radius 3 is 1.36 bits per heavy atom. The van der Waals surface area contributed by atoms with Crippen molar-refractivity contribution in [3.8, 4) is 0 Å². The van der Waals surface area contributed by atoms with Crippen LogP contribution in [0.15, 0.2) is 36.5 Å². The molecule has 2 aliphatic carbocycles. The van der Waals surface area contributed by atoms with E-state index in [1.165, 1.54) is 0 Å². The van der Waals surface area contributed by atoms with Gasteiger partial charge in [-0.15, -0.1) is 12.8 Å². The fourth-order valence-electron chi connectivity index (χ4n) is 0.680. The molecule has 0 aromatic carbocycles. The number of hydrogen-bond acceptors (Lipinski definition) is 0. The van der Waals surface area contributed by atoms with E-state index in [4.69, 9.17) is 0 Å². The van der Waals surface area contributed by atoms with Crippen LogP contribution in [0.1, 0.15) is 12.8 Å². The zero-order chi connectivity index (χ0) is 7.07. The predicted octanol–water partition coefficient (Wildman–Crippen LogP) is 2.07. The van der Waals surface area contributed by atoms with Crippen LogP contribution in [0.4, 0.5) is 0 Å². The minimum atomic E-state index is 0. The third-order valence-electron chi connectivity index (χ3n) is 1.17. The van der Waals surface area contributed by atoms with Crippen molar-refractivity contribution in [1.82, 2.24) is 0 Å². The average molecular weight is 316 g/mol. The summed E-state index contributed by atoms with van der Waals surface area (Å²) in [5, 5.41) is 0. The Bertz CT molecular complexity index is 143. The molecule has 2 aliphatic rings. The van der Waals surface area contributed by atoms with Crippen molar-refractivity contribution < 1.29 is 21.1 Å². The molecule has 0 aliphatic heterocycles. The van der Waals surface area contributed by atoms with Crippen molar-refractivity contribution in [2.45, 2.75) is 12.8 Å². The molecule has 0 saturated carbocycles. The van der Waals surface area contributed by atoms with E-state index in [-0.39, 0.29) is 21.1 Å². The van der Waals surface area contributed by atoms with Crippen molar-refractivity contribution in [1.29, 1.82) is 0 Å². The van der Waals surface area contributed by atoms with Crippen molar-refractivity contribution in [2.24, 2.45) is 0 Å². The van der Waals surface area contributed by atoms with Gasteiger partial charge in [0.15, 0.2) is 0 Å². The molecule has 11 heavy (non-hydrogen) atoms. The standard InChI is InChI=1S/2C5H5.W.2H/c2*1-2-4-5-3-1;;;/h2*1-3H,4H2;;;/q2*-1;;;. The summed E-state index contributed by atoms with van der Waals surface area (Å²) in [5.74, 6) is 0. The molecular formula is C10H12W-2. The first kappa shape index (κ1) is 10.6. The van der Waals surface area contributed by atoms with E-state index in [0.29, 0.717) is 0 Å². The van der Waals surface area contributed by atoms with Crippen LogP contribution in [0.2, 0.25) is 0 Å². The minimum absolute atomic E-state index is 0. The van der Waals surface area contributed by atoms with E-state index >= 15 is 0 Å². The molecule has 2 rings (SSSR count). The molecule has 0 aromatic heterocycles. The van der Waals surface area contributed by atoms with Crippen LogP contribution >= 0.6 is 0 Å². The van der Waals surface area contributed by atoms with Crippen LogP contribution in [0.25, 0.3) is 0 Å². The molecule has 0 atom stereocenters. The Morgan fingerprint density at radius 2 is 1.27 bits per heavy atom. The van der Waals surface area contributed by atoms with Gasteiger partial charge < -0.3 is 0 Å². The molecule has 0 radical (unpaired) electrons. The summed E-state index contributed by atoms with van der Waals surface area (Å²) < 4.78 is 0. The van der Waals surface area contributed by atoms with Crippen LogP contribution in [0.3, 0.4) is 0 Å². The van der Waals surface area contributed by atoms with Crippen molar-refractivity contribution in [2.75, 3.05) is 0 Å². The van der Waals surface area contributed by atoms with E-state index in [0.717, 1.165) is 12.8 Å². The second-order valence-electron chi connectivity index (χ2n) is 2.01. The van der Waals surface area contributed by atoms with E-state index in [1.807, 2.05) is 24.3 Å². The summed E-state index contributed by atoms with van der Waals surface area (Å²) in [6.45, 7) is 0. The Morgan fingerprint density at radius 1 is 0.818 bits per heavy atom. The van der Waals surface area contributed by atoms with E-state index in [2.05, 4.69) is 24.3 Å². The zero-order valence-electron chi connectivity index (χ0n) is 6.38. The number of allylic oxidation sites excluding steroid dienone is 8. The predicted molar refractivity (Wildman–Crippen MR) is 45.9 cm³/mol. The normalized spacial score (nSPS) is 16.0. The Labute approximate surface area is 82.6 Å². The number of rotatable bonds is 0. The molecule has 0 nitrogen and oxygen atoms in total. The Hall–Kier alpha value is -0.352. The van der Waals surface area contributed by atoms with Crippen molar-refractivity contribution >= 4 is 0 Å². The van der Waals surface area contributed by atoms with Crippen LogP contribution in [0.5, 0.6) is 0 Å². The molecule has 0 N–H and O–H groups in total. The molecule has 1 heteroatoms. The fourth-order valence-corrected chi connectivity index (χ4v) is 0.680. The van der Waals surface area contributed by atoms with Gasteiger partial charge in [0.1, 0.15) is 0 Å². The second kappa shape index (κ2) is 7.75. The van der Waals surface area contributed by atoms with Crippen LogP contribution in [-0.4, -0.2) is 0 Å². The summed E-state index contributed by atoms with van der Waals surface area (Å²) in [6, 6.07) is 0. The van der Waals surface area contributed by atoms with Gasteiger partial charge in [-0.1, -0.05) is 0 Å². The summed E-state index contributed by atoms with van der Waals surface area (Å²) in [4.78, 5) is 0. The molecule has 0 unspecified atom stereocenters. The maximum absolute atomic E-state index is 2.99.